The molecule has 2 aliphatic rings. The summed E-state index contributed by atoms with van der Waals surface area (Å²) in [6.45, 7) is 14.5. The lowest BCUT2D eigenvalue weighted by Crippen LogP contribution is -2.59. The number of fused-ring (bicyclic) bond motifs is 1. The van der Waals surface area contributed by atoms with Gasteiger partial charge < -0.3 is 45.5 Å². The molecule has 0 aliphatic carbocycles. The van der Waals surface area contributed by atoms with E-state index in [-0.39, 0.29) is 72.7 Å². The van der Waals surface area contributed by atoms with Crippen molar-refractivity contribution in [3.8, 4) is 11.1 Å². The first-order chi connectivity index (χ1) is 33.6. The second kappa shape index (κ2) is 26.9. The molecule has 394 valence electrons. The van der Waals surface area contributed by atoms with Crippen LogP contribution in [0.5, 0.6) is 0 Å². The number of amides is 6. The number of hydroxylamine groups is 2. The van der Waals surface area contributed by atoms with E-state index in [4.69, 9.17) is 24.8 Å². The lowest BCUT2D eigenvalue weighted by molar-refractivity contribution is -0.148. The second-order valence-electron chi connectivity index (χ2n) is 19.7. The van der Waals surface area contributed by atoms with Crippen LogP contribution in [-0.4, -0.2) is 177 Å². The van der Waals surface area contributed by atoms with Crippen molar-refractivity contribution in [1.82, 2.24) is 30.4 Å². The number of nitrogens with zero attached hydrogens (tertiary/aromatic N) is 4. The fourth-order valence-corrected chi connectivity index (χ4v) is 9.92. The molecule has 9 atom stereocenters. The van der Waals surface area contributed by atoms with Crippen LogP contribution in [0.1, 0.15) is 100 Å². The van der Waals surface area contributed by atoms with E-state index in [0.717, 1.165) is 0 Å². The minimum atomic E-state index is -1.33. The van der Waals surface area contributed by atoms with Gasteiger partial charge in [-0.25, -0.2) is 4.79 Å². The Hall–Kier alpha value is -5.31. The number of benzene rings is 2. The monoisotopic (exact) mass is 994 g/mol. The first-order valence-electron chi connectivity index (χ1n) is 24.8. The molecule has 0 aromatic heterocycles. The molecule has 0 radical (unpaired) electrons. The highest BCUT2D eigenvalue weighted by atomic mass is 16.7. The number of imide groups is 1. The molecule has 71 heavy (non-hydrogen) atoms. The number of carbonyl (C=O) groups is 7. The summed E-state index contributed by atoms with van der Waals surface area (Å²) in [5, 5.41) is 16.8. The number of nitrogens with two attached hydrogens (primary N) is 1. The fraction of sp³-hybridized carbons (Fsp3) is 0.635. The van der Waals surface area contributed by atoms with E-state index in [1.54, 1.807) is 66.2 Å². The Morgan fingerprint density at radius 2 is 1.52 bits per heavy atom. The van der Waals surface area contributed by atoms with Crippen molar-refractivity contribution in [3.63, 3.8) is 0 Å². The molecule has 1 fully saturated rings. The Labute approximate surface area is 419 Å². The zero-order valence-electron chi connectivity index (χ0n) is 43.8. The summed E-state index contributed by atoms with van der Waals surface area (Å²) in [7, 11) is 8.35. The van der Waals surface area contributed by atoms with E-state index in [2.05, 4.69) is 10.6 Å². The van der Waals surface area contributed by atoms with Gasteiger partial charge in [-0.3, -0.25) is 38.5 Å². The molecule has 0 bridgehead atoms. The van der Waals surface area contributed by atoms with Gasteiger partial charge in [0.05, 0.1) is 73.6 Å². The van der Waals surface area contributed by atoms with Crippen LogP contribution in [-0.2, 0) is 49.4 Å². The molecule has 2 aliphatic heterocycles. The molecule has 4 rings (SSSR count). The summed E-state index contributed by atoms with van der Waals surface area (Å²) in [5.74, 6) is -4.97. The quantitative estimate of drug-likeness (QED) is 0.0704. The van der Waals surface area contributed by atoms with Crippen molar-refractivity contribution in [2.24, 2.45) is 29.4 Å². The van der Waals surface area contributed by atoms with Crippen molar-refractivity contribution in [2.45, 2.75) is 123 Å². The van der Waals surface area contributed by atoms with Gasteiger partial charge in [-0.15, -0.1) is 5.06 Å². The van der Waals surface area contributed by atoms with Gasteiger partial charge in [0.25, 0.3) is 11.8 Å². The predicted octanol–water partition coefficient (Wildman–Crippen LogP) is 3.62. The number of ether oxygens (including phenoxy) is 3. The number of rotatable bonds is 28. The second-order valence-corrected chi connectivity index (χ2v) is 19.7. The maximum Gasteiger partial charge on any atom is 0.326 e. The van der Waals surface area contributed by atoms with Crippen molar-refractivity contribution in [1.29, 1.82) is 0 Å². The van der Waals surface area contributed by atoms with Crippen LogP contribution in [0.25, 0.3) is 11.1 Å². The molecular weight excluding hydrogens is 915 g/mol. The standard InChI is InChI=1S/C52H79N7O12/c1-13-32(6)45(57(10)51(65)43(30(2)3)55-48(62)44(31(4)5)56(8)9)41(68-11)29-42(60)58-22-15-18-40(58)46(69-12)33(7)47(61)54-39(52(66)67)27-34-16-14-17-35(26-34)36-19-20-37-38(28-36)50(64)59(49(37)63)71-25-24-70-23-21-53/h14,16-17,19-20,26,28,30-33,39-41,43-46H,13,15,18,21-25,27,29,53H2,1-12H3,(H,54,61)(H,55,62)(H,66,67)/t32-,33+,39-,40-,41+,43-,44-,45-,46+/m0/s1. The van der Waals surface area contributed by atoms with Crippen LogP contribution in [0, 0.1) is 23.7 Å². The minimum Gasteiger partial charge on any atom is -0.480 e. The van der Waals surface area contributed by atoms with E-state index in [1.807, 2.05) is 60.5 Å². The number of nitrogens with one attached hydrogen (secondary N) is 2. The summed E-state index contributed by atoms with van der Waals surface area (Å²) in [6.07, 6.45) is 0.229. The first-order valence-corrected chi connectivity index (χ1v) is 24.8. The Balaban J connectivity index is 1.46. The van der Waals surface area contributed by atoms with E-state index in [0.29, 0.717) is 60.7 Å². The zero-order chi connectivity index (χ0) is 52.9. The molecule has 0 unspecified atom stereocenters. The van der Waals surface area contributed by atoms with E-state index in [1.165, 1.54) is 14.2 Å². The molecule has 2 aromatic carbocycles. The number of carboxylic acids is 1. The average molecular weight is 994 g/mol. The molecule has 6 amide bonds. The normalized spacial score (nSPS) is 18.2. The summed E-state index contributed by atoms with van der Waals surface area (Å²) < 4.78 is 17.3. The fourth-order valence-electron chi connectivity index (χ4n) is 9.92. The number of aliphatic carboxylic acids is 1. The van der Waals surface area contributed by atoms with E-state index >= 15 is 0 Å². The average Bonchev–Trinajstić information content (AvgIpc) is 3.91. The molecule has 1 saturated heterocycles. The van der Waals surface area contributed by atoms with E-state index in [9.17, 15) is 38.7 Å². The van der Waals surface area contributed by atoms with Crippen LogP contribution < -0.4 is 16.4 Å². The van der Waals surface area contributed by atoms with Gasteiger partial charge >= 0.3 is 5.97 Å². The minimum absolute atomic E-state index is 0.00611. The number of likely N-dealkylation sites (N-methyl/N-ethyl adjacent to an activating group) is 2. The van der Waals surface area contributed by atoms with Gasteiger partial charge in [0.1, 0.15) is 12.1 Å². The van der Waals surface area contributed by atoms with Gasteiger partial charge in [-0.2, -0.15) is 0 Å². The maximum atomic E-state index is 14.4. The van der Waals surface area contributed by atoms with Gasteiger partial charge in [0, 0.05) is 40.8 Å². The highest BCUT2D eigenvalue weighted by Gasteiger charge is 2.44. The van der Waals surface area contributed by atoms with Gasteiger partial charge in [0.2, 0.25) is 23.6 Å². The highest BCUT2D eigenvalue weighted by molar-refractivity contribution is 6.21. The van der Waals surface area contributed by atoms with Crippen LogP contribution >= 0.6 is 0 Å². The number of carboxylic acid groups (broad SMARTS) is 1. The third-order valence-corrected chi connectivity index (χ3v) is 13.8. The first kappa shape index (κ1) is 58.3. The van der Waals surface area contributed by atoms with Crippen molar-refractivity contribution >= 4 is 41.4 Å². The predicted molar refractivity (Wildman–Crippen MR) is 267 cm³/mol. The summed E-state index contributed by atoms with van der Waals surface area (Å²) in [6, 6.07) is 8.23. The third-order valence-electron chi connectivity index (χ3n) is 13.8. The SMILES string of the molecule is CC[C@H](C)[C@@H]([C@@H](CC(=O)N1CCC[C@H]1[C@H](OC)[C@@H](C)C(=O)N[C@@H](Cc1cccc(-c2ccc3c(c2)C(=O)N(OCCOCCN)C3=O)c1)C(=O)O)OC)N(C)C(=O)[C@@H](NC(=O)[C@H](C(C)C)N(C)C)C(C)C. The Bertz CT molecular complexity index is 2160. The number of hydrogen-bond donors (Lipinski definition) is 4. The summed E-state index contributed by atoms with van der Waals surface area (Å²) in [4.78, 5) is 106. The highest BCUT2D eigenvalue weighted by Crippen LogP contribution is 2.32. The Kier molecular flexibility index (Phi) is 22.1. The number of likely N-dealkylation sites (tertiary alicyclic amines) is 1. The number of carbonyl (C=O) groups excluding carboxylic acids is 6. The van der Waals surface area contributed by atoms with Gasteiger partial charge in [-0.1, -0.05) is 85.2 Å². The third kappa shape index (κ3) is 14.4. The Morgan fingerprint density at radius 1 is 0.845 bits per heavy atom. The lowest BCUT2D eigenvalue weighted by Gasteiger charge is -2.41. The zero-order valence-corrected chi connectivity index (χ0v) is 43.8. The molecule has 19 nitrogen and oxygen atoms in total. The molecule has 2 aromatic rings. The molecule has 2 heterocycles. The van der Waals surface area contributed by atoms with Crippen molar-refractivity contribution < 1.29 is 57.7 Å². The van der Waals surface area contributed by atoms with Crippen molar-refractivity contribution in [3.05, 3.63) is 59.2 Å². The van der Waals surface area contributed by atoms with Crippen LogP contribution in [0.4, 0.5) is 0 Å². The number of hydrogen-bond acceptors (Lipinski definition) is 13. The summed E-state index contributed by atoms with van der Waals surface area (Å²) >= 11 is 0. The smallest absolute Gasteiger partial charge is 0.326 e. The molecule has 5 N–H and O–H groups in total. The van der Waals surface area contributed by atoms with Gasteiger partial charge in [0.15, 0.2) is 0 Å². The molecule has 0 saturated carbocycles. The topological polar surface area (TPSA) is 240 Å². The molecular formula is C52H79N7O12. The lowest BCUT2D eigenvalue weighted by atomic mass is 9.89. The maximum absolute atomic E-state index is 14.4. The van der Waals surface area contributed by atoms with Gasteiger partial charge in [-0.05, 0) is 73.5 Å². The number of methoxy groups -OCH3 is 2. The van der Waals surface area contributed by atoms with Crippen LogP contribution in [0.15, 0.2) is 42.5 Å². The van der Waals surface area contributed by atoms with E-state index < -0.39 is 72.0 Å². The van der Waals surface area contributed by atoms with Crippen LogP contribution in [0.2, 0.25) is 0 Å². The van der Waals surface area contributed by atoms with Crippen molar-refractivity contribution in [2.75, 3.05) is 68.3 Å². The molecule has 0 spiro atoms. The van der Waals surface area contributed by atoms with Crippen LogP contribution in [0.3, 0.4) is 0 Å². The molecule has 19 heteroatoms. The largest absolute Gasteiger partial charge is 0.480 e. The summed E-state index contributed by atoms with van der Waals surface area (Å²) in [5.41, 5.74) is 7.63. The Morgan fingerprint density at radius 3 is 2.11 bits per heavy atom.